The van der Waals surface area contributed by atoms with E-state index in [0.29, 0.717) is 12.1 Å². The number of hydrogen-bond donors (Lipinski definition) is 2. The van der Waals surface area contributed by atoms with Gasteiger partial charge in [0.2, 0.25) is 0 Å². The summed E-state index contributed by atoms with van der Waals surface area (Å²) in [6.45, 7) is 6.14. The Morgan fingerprint density at radius 2 is 1.48 bits per heavy atom. The van der Waals surface area contributed by atoms with Crippen LogP contribution in [0.25, 0.3) is 0 Å². The zero-order valence-corrected chi connectivity index (χ0v) is 13.4. The minimum Gasteiger partial charge on any atom is -0.333 e. The Bertz CT molecular complexity index is 390. The fourth-order valence-corrected chi connectivity index (χ4v) is 6.09. The SMILES string of the molecule is CC1CNCC(C)N1C(=O)NC12CC3CC(CC(C3)C1)C2. The topological polar surface area (TPSA) is 44.4 Å². The first-order valence-corrected chi connectivity index (χ1v) is 8.86. The van der Waals surface area contributed by atoms with Crippen molar-refractivity contribution >= 4 is 6.03 Å². The highest BCUT2D eigenvalue weighted by Gasteiger charge is 2.52. The molecule has 1 aliphatic heterocycles. The molecule has 4 aliphatic carbocycles. The second-order valence-electron chi connectivity index (χ2n) is 8.39. The van der Waals surface area contributed by atoms with Crippen molar-refractivity contribution in [2.45, 2.75) is 70.0 Å². The van der Waals surface area contributed by atoms with Gasteiger partial charge in [0.15, 0.2) is 0 Å². The number of carbonyl (C=O) groups is 1. The van der Waals surface area contributed by atoms with Crippen molar-refractivity contribution in [3.05, 3.63) is 0 Å². The number of hydrogen-bond acceptors (Lipinski definition) is 2. The maximum Gasteiger partial charge on any atom is 0.318 e. The lowest BCUT2D eigenvalue weighted by atomic mass is 9.53. The van der Waals surface area contributed by atoms with Gasteiger partial charge in [0, 0.05) is 30.7 Å². The van der Waals surface area contributed by atoms with Gasteiger partial charge in [-0.1, -0.05) is 0 Å². The Morgan fingerprint density at radius 3 is 1.95 bits per heavy atom. The molecule has 4 saturated carbocycles. The Kier molecular flexibility index (Phi) is 3.21. The van der Waals surface area contributed by atoms with Crippen LogP contribution < -0.4 is 10.6 Å². The molecular formula is C17H29N3O. The van der Waals surface area contributed by atoms with Gasteiger partial charge in [-0.15, -0.1) is 0 Å². The van der Waals surface area contributed by atoms with Crippen LogP contribution >= 0.6 is 0 Å². The predicted octanol–water partition coefficient (Wildman–Crippen LogP) is 2.35. The van der Waals surface area contributed by atoms with Gasteiger partial charge >= 0.3 is 6.03 Å². The Labute approximate surface area is 128 Å². The molecule has 1 saturated heterocycles. The number of rotatable bonds is 1. The van der Waals surface area contributed by atoms with Gasteiger partial charge in [-0.25, -0.2) is 4.79 Å². The quantitative estimate of drug-likeness (QED) is 0.779. The molecule has 5 rings (SSSR count). The van der Waals surface area contributed by atoms with E-state index in [1.54, 1.807) is 0 Å². The lowest BCUT2D eigenvalue weighted by Gasteiger charge is -2.57. The van der Waals surface area contributed by atoms with Crippen molar-refractivity contribution in [3.8, 4) is 0 Å². The van der Waals surface area contributed by atoms with Crippen LogP contribution in [0.4, 0.5) is 4.79 Å². The Hall–Kier alpha value is -0.770. The first-order valence-electron chi connectivity index (χ1n) is 8.86. The number of piperazine rings is 1. The third kappa shape index (κ3) is 2.36. The van der Waals surface area contributed by atoms with Crippen LogP contribution in [0.1, 0.15) is 52.4 Å². The zero-order valence-electron chi connectivity index (χ0n) is 13.4. The highest BCUT2D eigenvalue weighted by Crippen LogP contribution is 2.55. The van der Waals surface area contributed by atoms with Crippen LogP contribution in [0.5, 0.6) is 0 Å². The van der Waals surface area contributed by atoms with E-state index in [0.717, 1.165) is 30.8 Å². The smallest absolute Gasteiger partial charge is 0.318 e. The van der Waals surface area contributed by atoms with Crippen LogP contribution in [-0.2, 0) is 0 Å². The number of amides is 2. The van der Waals surface area contributed by atoms with Crippen LogP contribution in [-0.4, -0.2) is 41.6 Å². The monoisotopic (exact) mass is 291 g/mol. The third-order valence-corrected chi connectivity index (χ3v) is 6.47. The van der Waals surface area contributed by atoms with E-state index in [1.807, 2.05) is 0 Å². The van der Waals surface area contributed by atoms with Crippen molar-refractivity contribution in [1.82, 2.24) is 15.5 Å². The van der Waals surface area contributed by atoms with Gasteiger partial charge in [0.1, 0.15) is 0 Å². The fourth-order valence-electron chi connectivity index (χ4n) is 6.09. The highest BCUT2D eigenvalue weighted by molar-refractivity contribution is 5.76. The summed E-state index contributed by atoms with van der Waals surface area (Å²) in [5.74, 6) is 2.65. The van der Waals surface area contributed by atoms with Crippen molar-refractivity contribution in [1.29, 1.82) is 0 Å². The predicted molar refractivity (Wildman–Crippen MR) is 83.1 cm³/mol. The lowest BCUT2D eigenvalue weighted by molar-refractivity contribution is -0.0176. The number of urea groups is 1. The third-order valence-electron chi connectivity index (χ3n) is 6.47. The zero-order chi connectivity index (χ0) is 14.6. The summed E-state index contributed by atoms with van der Waals surface area (Å²) in [5, 5.41) is 6.92. The molecule has 0 spiro atoms. The number of nitrogens with zero attached hydrogens (tertiary/aromatic N) is 1. The van der Waals surface area contributed by atoms with E-state index in [9.17, 15) is 4.79 Å². The van der Waals surface area contributed by atoms with Crippen molar-refractivity contribution < 1.29 is 4.79 Å². The van der Waals surface area contributed by atoms with E-state index in [1.165, 1.54) is 38.5 Å². The average molecular weight is 291 g/mol. The summed E-state index contributed by atoms with van der Waals surface area (Å²) in [6.07, 6.45) is 7.99. The van der Waals surface area contributed by atoms with Crippen LogP contribution in [0.15, 0.2) is 0 Å². The molecule has 2 atom stereocenters. The van der Waals surface area contributed by atoms with E-state index in [-0.39, 0.29) is 11.6 Å². The first kappa shape index (κ1) is 13.9. The van der Waals surface area contributed by atoms with E-state index in [4.69, 9.17) is 0 Å². The summed E-state index contributed by atoms with van der Waals surface area (Å²) in [4.78, 5) is 15.0. The standard InChI is InChI=1S/C17H29N3O/c1-11-9-18-10-12(2)20(11)16(21)19-17-6-13-3-14(7-17)5-15(4-13)8-17/h11-15,18H,3-10H2,1-2H3,(H,19,21). The highest BCUT2D eigenvalue weighted by atomic mass is 16.2. The number of nitrogens with one attached hydrogen (secondary N) is 2. The minimum atomic E-state index is 0.135. The molecule has 4 nitrogen and oxygen atoms in total. The molecular weight excluding hydrogens is 262 g/mol. The van der Waals surface area contributed by atoms with Crippen molar-refractivity contribution in [3.63, 3.8) is 0 Å². The molecule has 0 aromatic rings. The molecule has 0 aromatic carbocycles. The molecule has 5 fully saturated rings. The second kappa shape index (κ2) is 4.87. The maximum absolute atomic E-state index is 12.9. The molecule has 21 heavy (non-hydrogen) atoms. The van der Waals surface area contributed by atoms with Crippen LogP contribution in [0.3, 0.4) is 0 Å². The summed E-state index contributed by atoms with van der Waals surface area (Å²) < 4.78 is 0. The van der Waals surface area contributed by atoms with Crippen molar-refractivity contribution in [2.75, 3.05) is 13.1 Å². The van der Waals surface area contributed by atoms with Crippen molar-refractivity contribution in [2.24, 2.45) is 17.8 Å². The summed E-state index contributed by atoms with van der Waals surface area (Å²) in [6, 6.07) is 0.781. The Morgan fingerprint density at radius 1 is 1.00 bits per heavy atom. The van der Waals surface area contributed by atoms with Gasteiger partial charge in [-0.3, -0.25) is 0 Å². The van der Waals surface area contributed by atoms with Gasteiger partial charge in [-0.2, -0.15) is 0 Å². The van der Waals surface area contributed by atoms with Crippen LogP contribution in [0, 0.1) is 17.8 Å². The van der Waals surface area contributed by atoms with E-state index < -0.39 is 0 Å². The van der Waals surface area contributed by atoms with E-state index >= 15 is 0 Å². The van der Waals surface area contributed by atoms with Crippen LogP contribution in [0.2, 0.25) is 0 Å². The van der Waals surface area contributed by atoms with E-state index in [2.05, 4.69) is 29.4 Å². The van der Waals surface area contributed by atoms with Gasteiger partial charge in [-0.05, 0) is 70.1 Å². The molecule has 2 amide bonds. The van der Waals surface area contributed by atoms with Gasteiger partial charge in [0.05, 0.1) is 0 Å². The van der Waals surface area contributed by atoms with Gasteiger partial charge < -0.3 is 15.5 Å². The largest absolute Gasteiger partial charge is 0.333 e. The Balaban J connectivity index is 1.49. The lowest BCUT2D eigenvalue weighted by Crippen LogP contribution is -2.66. The average Bonchev–Trinajstić information content (AvgIpc) is 2.35. The first-order chi connectivity index (χ1) is 10.0. The normalized spacial score (nSPS) is 48.5. The summed E-state index contributed by atoms with van der Waals surface area (Å²) in [5.41, 5.74) is 0.135. The molecule has 1 heterocycles. The molecule has 118 valence electrons. The molecule has 2 N–H and O–H groups in total. The second-order valence-corrected chi connectivity index (χ2v) is 8.39. The van der Waals surface area contributed by atoms with Gasteiger partial charge in [0.25, 0.3) is 0 Å². The fraction of sp³-hybridized carbons (Fsp3) is 0.941. The maximum atomic E-state index is 12.9. The molecule has 0 radical (unpaired) electrons. The molecule has 4 bridgehead atoms. The summed E-state index contributed by atoms with van der Waals surface area (Å²) >= 11 is 0. The minimum absolute atomic E-state index is 0.135. The summed E-state index contributed by atoms with van der Waals surface area (Å²) in [7, 11) is 0. The molecule has 5 aliphatic rings. The molecule has 2 unspecified atom stereocenters. The molecule has 4 heteroatoms. The number of carbonyl (C=O) groups excluding carboxylic acids is 1. The molecule has 0 aromatic heterocycles.